The monoisotopic (exact) mass is 340 g/mol. The molecule has 1 aliphatic heterocycles. The first-order valence-corrected chi connectivity index (χ1v) is 7.62. The van der Waals surface area contributed by atoms with E-state index in [1.807, 2.05) is 0 Å². The minimum absolute atomic E-state index is 0.210. The maximum absolute atomic E-state index is 12.1. The van der Waals surface area contributed by atoms with Gasteiger partial charge < -0.3 is 20.1 Å². The molecule has 24 heavy (non-hydrogen) atoms. The molecular weight excluding hydrogens is 322 g/mol. The van der Waals surface area contributed by atoms with Crippen LogP contribution in [0.25, 0.3) is 0 Å². The van der Waals surface area contributed by atoms with Crippen LogP contribution in [-0.2, 0) is 0 Å². The van der Waals surface area contributed by atoms with Crippen molar-refractivity contribution in [3.05, 3.63) is 18.5 Å². The molecule has 1 saturated heterocycles. The summed E-state index contributed by atoms with van der Waals surface area (Å²) in [6.07, 6.45) is 5.28. The van der Waals surface area contributed by atoms with Crippen LogP contribution in [0.4, 0.5) is 20.4 Å². The molecule has 0 aliphatic carbocycles. The van der Waals surface area contributed by atoms with E-state index >= 15 is 0 Å². The van der Waals surface area contributed by atoms with Crippen LogP contribution in [-0.4, -0.2) is 46.5 Å². The third-order valence-electron chi connectivity index (χ3n) is 3.51. The van der Waals surface area contributed by atoms with E-state index in [-0.39, 0.29) is 5.88 Å². The van der Waals surface area contributed by atoms with Crippen LogP contribution in [0, 0.1) is 5.92 Å². The topological polar surface area (TPSA) is 97.0 Å². The molecule has 1 atom stereocenters. The number of aromatic nitrogens is 4. The smallest absolute Gasteiger partial charge is 0.388 e. The Morgan fingerprint density at radius 1 is 1.33 bits per heavy atom. The highest BCUT2D eigenvalue weighted by molar-refractivity contribution is 5.51. The second-order valence-corrected chi connectivity index (χ2v) is 5.39. The standard InChI is InChI=1S/C14H18F2N6O2/c15-14(16)24-12-4-10(21-22-12)19-11-6-18-7-13(20-11)23-8-9-2-1-3-17-5-9/h4,6-7,9,14,17H,1-3,5,8H2,(H2,19,20,21,22)/t9-/m1/s1. The quantitative estimate of drug-likeness (QED) is 0.708. The zero-order chi connectivity index (χ0) is 16.8. The van der Waals surface area contributed by atoms with Gasteiger partial charge in [-0.15, -0.1) is 5.10 Å². The first-order valence-electron chi connectivity index (χ1n) is 7.62. The Morgan fingerprint density at radius 2 is 2.25 bits per heavy atom. The van der Waals surface area contributed by atoms with E-state index in [1.54, 1.807) is 0 Å². The number of ether oxygens (including phenoxy) is 2. The second kappa shape index (κ2) is 7.86. The van der Waals surface area contributed by atoms with E-state index in [9.17, 15) is 8.78 Å². The average Bonchev–Trinajstić information content (AvgIpc) is 3.00. The third kappa shape index (κ3) is 4.75. The lowest BCUT2D eigenvalue weighted by Gasteiger charge is -2.22. The van der Waals surface area contributed by atoms with Crippen LogP contribution in [0.5, 0.6) is 11.8 Å². The van der Waals surface area contributed by atoms with Crippen molar-refractivity contribution in [1.29, 1.82) is 0 Å². The van der Waals surface area contributed by atoms with Crippen molar-refractivity contribution in [2.45, 2.75) is 19.5 Å². The fraction of sp³-hybridized carbons (Fsp3) is 0.500. The number of halogens is 2. The number of rotatable bonds is 7. The molecule has 1 aliphatic rings. The van der Waals surface area contributed by atoms with E-state index in [4.69, 9.17) is 4.74 Å². The van der Waals surface area contributed by atoms with E-state index < -0.39 is 6.61 Å². The Hall–Kier alpha value is -2.49. The molecule has 0 bridgehead atoms. The fourth-order valence-electron chi connectivity index (χ4n) is 2.40. The van der Waals surface area contributed by atoms with Crippen LogP contribution in [0.1, 0.15) is 12.8 Å². The molecule has 3 N–H and O–H groups in total. The second-order valence-electron chi connectivity index (χ2n) is 5.39. The van der Waals surface area contributed by atoms with Crippen molar-refractivity contribution >= 4 is 11.6 Å². The molecule has 8 nitrogen and oxygen atoms in total. The number of nitrogens with zero attached hydrogens (tertiary/aromatic N) is 3. The molecule has 1 fully saturated rings. The van der Waals surface area contributed by atoms with Gasteiger partial charge in [0, 0.05) is 18.5 Å². The Labute approximate surface area is 137 Å². The average molecular weight is 340 g/mol. The van der Waals surface area contributed by atoms with Gasteiger partial charge in [-0.1, -0.05) is 0 Å². The Balaban J connectivity index is 1.55. The summed E-state index contributed by atoms with van der Waals surface area (Å²) in [5, 5.41) is 12.3. The van der Waals surface area contributed by atoms with Gasteiger partial charge in [-0.2, -0.15) is 13.8 Å². The minimum Gasteiger partial charge on any atom is -0.476 e. The van der Waals surface area contributed by atoms with Gasteiger partial charge in [0.25, 0.3) is 0 Å². The summed E-state index contributed by atoms with van der Waals surface area (Å²) in [6, 6.07) is 1.30. The van der Waals surface area contributed by atoms with Crippen molar-refractivity contribution < 1.29 is 18.3 Å². The molecule has 3 rings (SSSR count). The van der Waals surface area contributed by atoms with Crippen LogP contribution in [0.3, 0.4) is 0 Å². The summed E-state index contributed by atoms with van der Waals surface area (Å²) >= 11 is 0. The van der Waals surface area contributed by atoms with Crippen LogP contribution in [0.2, 0.25) is 0 Å². The molecule has 0 radical (unpaired) electrons. The van der Waals surface area contributed by atoms with Gasteiger partial charge >= 0.3 is 6.61 Å². The molecule has 0 spiro atoms. The van der Waals surface area contributed by atoms with Gasteiger partial charge in [0.2, 0.25) is 11.8 Å². The lowest BCUT2D eigenvalue weighted by atomic mass is 10.0. The summed E-state index contributed by atoms with van der Waals surface area (Å²) in [5.74, 6) is 1.40. The highest BCUT2D eigenvalue weighted by atomic mass is 19.3. The minimum atomic E-state index is -2.92. The Bertz CT molecular complexity index is 648. The summed E-state index contributed by atoms with van der Waals surface area (Å²) in [5.41, 5.74) is 0. The number of hydrogen-bond acceptors (Lipinski definition) is 7. The van der Waals surface area contributed by atoms with Gasteiger partial charge in [0.15, 0.2) is 5.82 Å². The number of anilines is 2. The van der Waals surface area contributed by atoms with Crippen molar-refractivity contribution in [3.63, 3.8) is 0 Å². The molecule has 0 unspecified atom stereocenters. The van der Waals surface area contributed by atoms with Crippen LogP contribution >= 0.6 is 0 Å². The molecule has 2 aromatic heterocycles. The van der Waals surface area contributed by atoms with E-state index in [1.165, 1.54) is 18.5 Å². The summed E-state index contributed by atoms with van der Waals surface area (Å²) in [7, 11) is 0. The van der Waals surface area contributed by atoms with E-state index in [2.05, 4.69) is 35.5 Å². The van der Waals surface area contributed by atoms with Gasteiger partial charge in [-0.05, 0) is 19.4 Å². The van der Waals surface area contributed by atoms with E-state index in [0.29, 0.717) is 30.0 Å². The molecule has 0 aromatic carbocycles. The number of piperidine rings is 1. The summed E-state index contributed by atoms with van der Waals surface area (Å²) < 4.78 is 34.1. The first-order chi connectivity index (χ1) is 11.7. The predicted octanol–water partition coefficient (Wildman–Crippen LogP) is 1.92. The zero-order valence-electron chi connectivity index (χ0n) is 12.8. The lowest BCUT2D eigenvalue weighted by Crippen LogP contribution is -2.33. The predicted molar refractivity (Wildman–Crippen MR) is 81.6 cm³/mol. The molecule has 130 valence electrons. The molecular formula is C14H18F2N6O2. The molecule has 3 heterocycles. The summed E-state index contributed by atoms with van der Waals surface area (Å²) in [6.45, 7) is -0.363. The molecule has 0 amide bonds. The number of hydrogen-bond donors (Lipinski definition) is 3. The fourth-order valence-corrected chi connectivity index (χ4v) is 2.40. The Morgan fingerprint density at radius 3 is 3.04 bits per heavy atom. The SMILES string of the molecule is FC(F)Oc1cc(Nc2cncc(OC[C@@H]3CCCNC3)n2)[nH]n1. The largest absolute Gasteiger partial charge is 0.476 e. The highest BCUT2D eigenvalue weighted by Gasteiger charge is 2.14. The number of alkyl halides is 2. The maximum Gasteiger partial charge on any atom is 0.388 e. The third-order valence-corrected chi connectivity index (χ3v) is 3.51. The zero-order valence-corrected chi connectivity index (χ0v) is 12.8. The number of aromatic amines is 1. The highest BCUT2D eigenvalue weighted by Crippen LogP contribution is 2.19. The summed E-state index contributed by atoms with van der Waals surface area (Å²) in [4.78, 5) is 8.32. The van der Waals surface area contributed by atoms with Crippen molar-refractivity contribution in [1.82, 2.24) is 25.5 Å². The Kier molecular flexibility index (Phi) is 5.36. The van der Waals surface area contributed by atoms with E-state index in [0.717, 1.165) is 25.9 Å². The van der Waals surface area contributed by atoms with Crippen molar-refractivity contribution in [3.8, 4) is 11.8 Å². The van der Waals surface area contributed by atoms with Crippen LogP contribution in [0.15, 0.2) is 18.5 Å². The van der Waals surface area contributed by atoms with Crippen molar-refractivity contribution in [2.24, 2.45) is 5.92 Å². The van der Waals surface area contributed by atoms with Crippen LogP contribution < -0.4 is 20.1 Å². The number of H-pyrrole nitrogens is 1. The normalized spacial score (nSPS) is 17.7. The lowest BCUT2D eigenvalue weighted by molar-refractivity contribution is -0.0528. The molecule has 0 saturated carbocycles. The maximum atomic E-state index is 12.1. The molecule has 2 aromatic rings. The van der Waals surface area contributed by atoms with Gasteiger partial charge in [-0.3, -0.25) is 10.1 Å². The molecule has 10 heteroatoms. The van der Waals surface area contributed by atoms with Gasteiger partial charge in [-0.25, -0.2) is 0 Å². The first kappa shape index (κ1) is 16.4. The number of nitrogens with one attached hydrogen (secondary N) is 3. The van der Waals surface area contributed by atoms with Gasteiger partial charge in [0.05, 0.1) is 19.0 Å². The van der Waals surface area contributed by atoms with Gasteiger partial charge in [0.1, 0.15) is 5.82 Å². The van der Waals surface area contributed by atoms with Crippen molar-refractivity contribution in [2.75, 3.05) is 25.0 Å².